The zero-order valence-corrected chi connectivity index (χ0v) is 21.3. The number of hydrogen-bond acceptors (Lipinski definition) is 4. The Bertz CT molecular complexity index is 1250. The Kier molecular flexibility index (Phi) is 7.05. The van der Waals surface area contributed by atoms with Gasteiger partial charge in [-0.15, -0.1) is 0 Å². The molecule has 0 unspecified atom stereocenters. The van der Waals surface area contributed by atoms with Crippen LogP contribution in [-0.2, 0) is 16.1 Å². The van der Waals surface area contributed by atoms with E-state index in [9.17, 15) is 4.79 Å². The van der Waals surface area contributed by atoms with Gasteiger partial charge in [-0.05, 0) is 92.4 Å². The van der Waals surface area contributed by atoms with Gasteiger partial charge in [0.25, 0.3) is 0 Å². The second kappa shape index (κ2) is 9.79. The third-order valence-corrected chi connectivity index (χ3v) is 6.53. The van der Waals surface area contributed by atoms with Crippen LogP contribution < -0.4 is 4.74 Å². The predicted molar refractivity (Wildman–Crippen MR) is 134 cm³/mol. The number of cyclic esters (lactones) is 1. The van der Waals surface area contributed by atoms with Crippen molar-refractivity contribution in [1.82, 2.24) is 0 Å². The molecule has 0 atom stereocenters. The second-order valence-electron chi connectivity index (χ2n) is 7.05. The van der Waals surface area contributed by atoms with Gasteiger partial charge in [0.2, 0.25) is 5.90 Å². The van der Waals surface area contributed by atoms with Crippen LogP contribution in [0.4, 0.5) is 0 Å². The summed E-state index contributed by atoms with van der Waals surface area (Å²) >= 11 is 19.1. The van der Waals surface area contributed by atoms with Gasteiger partial charge in [-0.1, -0.05) is 47.0 Å². The highest BCUT2D eigenvalue weighted by molar-refractivity contribution is 9.11. The molecule has 0 spiro atoms. The molecular weight excluding hydrogens is 581 g/mol. The monoisotopic (exact) mass is 593 g/mol. The summed E-state index contributed by atoms with van der Waals surface area (Å²) in [6, 6.07) is 16.7. The van der Waals surface area contributed by atoms with Gasteiger partial charge in [-0.2, -0.15) is 0 Å². The quantitative estimate of drug-likeness (QED) is 0.224. The molecule has 0 saturated carbocycles. The summed E-state index contributed by atoms with van der Waals surface area (Å²) < 4.78 is 12.7. The molecule has 0 aliphatic carbocycles. The predicted octanol–water partition coefficient (Wildman–Crippen LogP) is 7.75. The molecule has 162 valence electrons. The van der Waals surface area contributed by atoms with E-state index in [2.05, 4.69) is 36.9 Å². The van der Waals surface area contributed by atoms with E-state index in [0.29, 0.717) is 37.2 Å². The fourth-order valence-electron chi connectivity index (χ4n) is 2.97. The minimum atomic E-state index is -0.493. The maximum Gasteiger partial charge on any atom is 0.363 e. The average molecular weight is 596 g/mol. The number of rotatable bonds is 5. The van der Waals surface area contributed by atoms with Gasteiger partial charge in [-0.25, -0.2) is 9.79 Å². The first kappa shape index (κ1) is 23.1. The molecular formula is C24H15Br2Cl2NO3. The van der Waals surface area contributed by atoms with Gasteiger partial charge in [0.1, 0.15) is 12.4 Å². The van der Waals surface area contributed by atoms with Crippen molar-refractivity contribution in [1.29, 1.82) is 0 Å². The average Bonchev–Trinajstić information content (AvgIpc) is 3.10. The molecule has 0 amide bonds. The van der Waals surface area contributed by atoms with Gasteiger partial charge in [-0.3, -0.25) is 0 Å². The van der Waals surface area contributed by atoms with Crippen LogP contribution in [0.1, 0.15) is 22.3 Å². The van der Waals surface area contributed by atoms with Crippen molar-refractivity contribution in [3.8, 4) is 5.75 Å². The van der Waals surface area contributed by atoms with E-state index in [1.165, 1.54) is 0 Å². The highest BCUT2D eigenvalue weighted by Crippen LogP contribution is 2.36. The summed E-state index contributed by atoms with van der Waals surface area (Å²) in [5, 5.41) is 0.968. The van der Waals surface area contributed by atoms with Crippen molar-refractivity contribution in [2.45, 2.75) is 13.5 Å². The summed E-state index contributed by atoms with van der Waals surface area (Å²) in [5.74, 6) is 0.421. The van der Waals surface area contributed by atoms with Crippen LogP contribution in [0.25, 0.3) is 6.08 Å². The number of carbonyl (C=O) groups is 1. The SMILES string of the molecule is Cc1ccc(C2=N/C(=C\c3cc(Br)c(OCc4ccc(Cl)c(Cl)c4)c(Br)c3)C(=O)O2)cc1. The molecule has 1 heterocycles. The van der Waals surface area contributed by atoms with Gasteiger partial charge in [0.15, 0.2) is 5.70 Å². The molecule has 32 heavy (non-hydrogen) atoms. The number of aliphatic imine (C=N–C) groups is 1. The molecule has 4 nitrogen and oxygen atoms in total. The van der Waals surface area contributed by atoms with E-state index in [-0.39, 0.29) is 5.70 Å². The van der Waals surface area contributed by atoms with E-state index in [4.69, 9.17) is 32.7 Å². The van der Waals surface area contributed by atoms with Crippen LogP contribution in [0.5, 0.6) is 5.75 Å². The fraction of sp³-hybridized carbons (Fsp3) is 0.0833. The molecule has 1 aliphatic rings. The van der Waals surface area contributed by atoms with Crippen molar-refractivity contribution in [2.24, 2.45) is 4.99 Å². The Morgan fingerprint density at radius 3 is 2.34 bits per heavy atom. The smallest absolute Gasteiger partial charge is 0.363 e. The van der Waals surface area contributed by atoms with Crippen molar-refractivity contribution in [3.63, 3.8) is 0 Å². The maximum absolute atomic E-state index is 12.3. The first-order chi connectivity index (χ1) is 15.3. The van der Waals surface area contributed by atoms with Crippen molar-refractivity contribution >= 4 is 73.0 Å². The van der Waals surface area contributed by atoms with E-state index in [1.54, 1.807) is 18.2 Å². The molecule has 8 heteroatoms. The van der Waals surface area contributed by atoms with Crippen molar-refractivity contribution < 1.29 is 14.3 Å². The first-order valence-corrected chi connectivity index (χ1v) is 11.8. The molecule has 0 aromatic heterocycles. The zero-order chi connectivity index (χ0) is 22.8. The minimum Gasteiger partial charge on any atom is -0.487 e. The van der Waals surface area contributed by atoms with Gasteiger partial charge in [0.05, 0.1) is 19.0 Å². The van der Waals surface area contributed by atoms with Crippen molar-refractivity contribution in [3.05, 3.63) is 102 Å². The van der Waals surface area contributed by atoms with E-state index in [0.717, 1.165) is 22.3 Å². The lowest BCUT2D eigenvalue weighted by atomic mass is 10.1. The number of ether oxygens (including phenoxy) is 2. The van der Waals surface area contributed by atoms with Crippen LogP contribution in [0.15, 0.2) is 74.2 Å². The van der Waals surface area contributed by atoms with Crippen LogP contribution >= 0.6 is 55.1 Å². The molecule has 4 rings (SSSR count). The Hall–Kier alpha value is -2.12. The number of hydrogen-bond donors (Lipinski definition) is 0. The first-order valence-electron chi connectivity index (χ1n) is 9.45. The molecule has 0 radical (unpaired) electrons. The normalized spacial score (nSPS) is 14.5. The zero-order valence-electron chi connectivity index (χ0n) is 16.7. The lowest BCUT2D eigenvalue weighted by molar-refractivity contribution is -0.129. The Balaban J connectivity index is 1.54. The highest BCUT2D eigenvalue weighted by atomic mass is 79.9. The van der Waals surface area contributed by atoms with Gasteiger partial charge in [0, 0.05) is 5.56 Å². The summed E-state index contributed by atoms with van der Waals surface area (Å²) in [4.78, 5) is 16.7. The van der Waals surface area contributed by atoms with Crippen LogP contribution in [0, 0.1) is 6.92 Å². The standard InChI is InChI=1S/C24H15Br2Cl2NO3/c1-13-2-5-16(6-3-13)23-29-21(24(30)32-23)11-15-8-17(25)22(18(26)9-15)31-12-14-4-7-19(27)20(28)10-14/h2-11H,12H2,1H3/b21-11-. The summed E-state index contributed by atoms with van der Waals surface area (Å²) in [6.07, 6.45) is 1.67. The van der Waals surface area contributed by atoms with Crippen LogP contribution in [0.3, 0.4) is 0 Å². The number of aryl methyl sites for hydroxylation is 1. The minimum absolute atomic E-state index is 0.226. The summed E-state index contributed by atoms with van der Waals surface area (Å²) in [5.41, 5.74) is 3.73. The maximum atomic E-state index is 12.3. The lowest BCUT2D eigenvalue weighted by Crippen LogP contribution is -2.05. The topological polar surface area (TPSA) is 47.9 Å². The van der Waals surface area contributed by atoms with E-state index >= 15 is 0 Å². The molecule has 0 bridgehead atoms. The number of esters is 1. The van der Waals surface area contributed by atoms with Gasteiger partial charge < -0.3 is 9.47 Å². The molecule has 0 fully saturated rings. The van der Waals surface area contributed by atoms with Gasteiger partial charge >= 0.3 is 5.97 Å². The summed E-state index contributed by atoms with van der Waals surface area (Å²) in [7, 11) is 0. The lowest BCUT2D eigenvalue weighted by Gasteiger charge is -2.12. The molecule has 3 aromatic carbocycles. The molecule has 1 aliphatic heterocycles. The number of carbonyl (C=O) groups excluding carboxylic acids is 1. The van der Waals surface area contributed by atoms with Crippen molar-refractivity contribution in [2.75, 3.05) is 0 Å². The Labute approximate surface area is 212 Å². The van der Waals surface area contributed by atoms with Crippen LogP contribution in [0.2, 0.25) is 10.0 Å². The largest absolute Gasteiger partial charge is 0.487 e. The Morgan fingerprint density at radius 2 is 1.69 bits per heavy atom. The van der Waals surface area contributed by atoms with E-state index in [1.807, 2.05) is 49.4 Å². The summed E-state index contributed by atoms with van der Waals surface area (Å²) in [6.45, 7) is 2.30. The third-order valence-electron chi connectivity index (χ3n) is 4.61. The molecule has 0 saturated heterocycles. The second-order valence-corrected chi connectivity index (χ2v) is 9.58. The molecule has 3 aromatic rings. The fourth-order valence-corrected chi connectivity index (χ4v) is 4.74. The molecule has 0 N–H and O–H groups in total. The van der Waals surface area contributed by atoms with Crippen LogP contribution in [-0.4, -0.2) is 11.9 Å². The highest BCUT2D eigenvalue weighted by Gasteiger charge is 2.24. The number of nitrogens with zero attached hydrogens (tertiary/aromatic N) is 1. The number of benzene rings is 3. The number of halogens is 4. The Morgan fingerprint density at radius 1 is 1.00 bits per heavy atom. The van der Waals surface area contributed by atoms with E-state index < -0.39 is 5.97 Å². The third kappa shape index (κ3) is 5.26.